The number of carbonyl (C=O) groups is 1. The van der Waals surface area contributed by atoms with Crippen LogP contribution in [0.15, 0.2) is 29.6 Å². The molecule has 124 valence electrons. The van der Waals surface area contributed by atoms with Gasteiger partial charge in [-0.2, -0.15) is 0 Å². The molecule has 1 unspecified atom stereocenters. The molecule has 2 rings (SSSR count). The van der Waals surface area contributed by atoms with Crippen molar-refractivity contribution in [2.75, 3.05) is 20.2 Å². The average molecular weight is 335 g/mol. The molecule has 0 aliphatic heterocycles. The first-order chi connectivity index (χ1) is 11.1. The number of thiazole rings is 1. The maximum absolute atomic E-state index is 12.0. The van der Waals surface area contributed by atoms with E-state index in [4.69, 9.17) is 15.2 Å². The Bertz CT molecular complexity index is 628. The minimum atomic E-state index is -0.199. The maximum Gasteiger partial charge on any atom is 0.270 e. The number of hydrogen-bond acceptors (Lipinski definition) is 6. The summed E-state index contributed by atoms with van der Waals surface area (Å²) in [7, 11) is 1.62. The summed E-state index contributed by atoms with van der Waals surface area (Å²) < 4.78 is 10.8. The zero-order valence-corrected chi connectivity index (χ0v) is 14.1. The zero-order chi connectivity index (χ0) is 16.7. The molecule has 1 aromatic heterocycles. The SMILES string of the molecule is COc1ccc(OC(C)CNC(=O)c2csc(CCN)n2)cc1. The average Bonchev–Trinajstić information content (AvgIpc) is 3.02. The lowest BCUT2D eigenvalue weighted by atomic mass is 10.3. The molecule has 23 heavy (non-hydrogen) atoms. The van der Waals surface area contributed by atoms with Gasteiger partial charge in [0.25, 0.3) is 5.91 Å². The van der Waals surface area contributed by atoms with Crippen LogP contribution in [-0.2, 0) is 6.42 Å². The molecular weight excluding hydrogens is 314 g/mol. The summed E-state index contributed by atoms with van der Waals surface area (Å²) in [4.78, 5) is 16.3. The van der Waals surface area contributed by atoms with Crippen molar-refractivity contribution in [1.82, 2.24) is 10.3 Å². The van der Waals surface area contributed by atoms with Gasteiger partial charge in [-0.25, -0.2) is 4.98 Å². The summed E-state index contributed by atoms with van der Waals surface area (Å²) in [5, 5.41) is 5.44. The van der Waals surface area contributed by atoms with E-state index in [1.54, 1.807) is 12.5 Å². The van der Waals surface area contributed by atoms with E-state index in [9.17, 15) is 4.79 Å². The van der Waals surface area contributed by atoms with Gasteiger partial charge in [0.1, 0.15) is 23.3 Å². The van der Waals surface area contributed by atoms with Crippen molar-refractivity contribution in [2.45, 2.75) is 19.4 Å². The third-order valence-electron chi connectivity index (χ3n) is 3.09. The molecule has 0 aliphatic rings. The molecule has 0 fully saturated rings. The van der Waals surface area contributed by atoms with Crippen LogP contribution in [0.3, 0.4) is 0 Å². The Hall–Kier alpha value is -2.12. The summed E-state index contributed by atoms with van der Waals surface area (Å²) in [6, 6.07) is 7.32. The van der Waals surface area contributed by atoms with Crippen LogP contribution in [0, 0.1) is 0 Å². The summed E-state index contributed by atoms with van der Waals surface area (Å²) in [6.07, 6.45) is 0.532. The van der Waals surface area contributed by atoms with Crippen molar-refractivity contribution < 1.29 is 14.3 Å². The Kier molecular flexibility index (Phi) is 6.37. The number of rotatable bonds is 8. The molecule has 1 heterocycles. The van der Waals surface area contributed by atoms with E-state index in [1.807, 2.05) is 31.2 Å². The molecule has 0 saturated carbocycles. The van der Waals surface area contributed by atoms with E-state index in [0.29, 0.717) is 25.2 Å². The number of nitrogens with one attached hydrogen (secondary N) is 1. The molecule has 1 aromatic carbocycles. The van der Waals surface area contributed by atoms with Gasteiger partial charge in [0, 0.05) is 11.8 Å². The first-order valence-electron chi connectivity index (χ1n) is 7.35. The van der Waals surface area contributed by atoms with Crippen LogP contribution in [0.25, 0.3) is 0 Å². The fourth-order valence-corrected chi connectivity index (χ4v) is 2.70. The third-order valence-corrected chi connectivity index (χ3v) is 4.00. The minimum absolute atomic E-state index is 0.158. The Morgan fingerprint density at radius 1 is 1.35 bits per heavy atom. The van der Waals surface area contributed by atoms with Crippen molar-refractivity contribution in [1.29, 1.82) is 0 Å². The van der Waals surface area contributed by atoms with Crippen molar-refractivity contribution in [2.24, 2.45) is 5.73 Å². The van der Waals surface area contributed by atoms with Crippen molar-refractivity contribution in [3.8, 4) is 11.5 Å². The molecule has 0 radical (unpaired) electrons. The first kappa shape index (κ1) is 17.2. The molecule has 0 saturated heterocycles. The van der Waals surface area contributed by atoms with Crippen molar-refractivity contribution in [3.63, 3.8) is 0 Å². The van der Waals surface area contributed by atoms with Crippen LogP contribution < -0.4 is 20.5 Å². The fourth-order valence-electron chi connectivity index (χ4n) is 1.91. The van der Waals surface area contributed by atoms with Crippen molar-refractivity contribution in [3.05, 3.63) is 40.3 Å². The molecule has 1 amide bonds. The summed E-state index contributed by atoms with van der Waals surface area (Å²) >= 11 is 1.45. The molecule has 0 bridgehead atoms. The van der Waals surface area contributed by atoms with Gasteiger partial charge >= 0.3 is 0 Å². The lowest BCUT2D eigenvalue weighted by molar-refractivity contribution is 0.0927. The number of methoxy groups -OCH3 is 1. The van der Waals surface area contributed by atoms with E-state index in [0.717, 1.165) is 16.5 Å². The highest BCUT2D eigenvalue weighted by atomic mass is 32.1. The minimum Gasteiger partial charge on any atom is -0.497 e. The smallest absolute Gasteiger partial charge is 0.270 e. The summed E-state index contributed by atoms with van der Waals surface area (Å²) in [6.45, 7) is 2.82. The van der Waals surface area contributed by atoms with Gasteiger partial charge in [-0.3, -0.25) is 4.79 Å². The van der Waals surface area contributed by atoms with Gasteiger partial charge in [-0.05, 0) is 37.7 Å². The Balaban J connectivity index is 1.80. The Labute approximate surface area is 139 Å². The highest BCUT2D eigenvalue weighted by Crippen LogP contribution is 2.18. The quantitative estimate of drug-likeness (QED) is 0.769. The molecule has 1 atom stereocenters. The molecule has 0 aliphatic carbocycles. The normalized spacial score (nSPS) is 11.8. The van der Waals surface area contributed by atoms with Crippen LogP contribution in [0.2, 0.25) is 0 Å². The van der Waals surface area contributed by atoms with E-state index in [1.165, 1.54) is 11.3 Å². The van der Waals surface area contributed by atoms with Gasteiger partial charge in [0.15, 0.2) is 0 Å². The second-order valence-electron chi connectivity index (χ2n) is 4.98. The number of aromatic nitrogens is 1. The third kappa shape index (κ3) is 5.22. The number of carbonyl (C=O) groups excluding carboxylic acids is 1. The van der Waals surface area contributed by atoms with Crippen LogP contribution in [0.4, 0.5) is 0 Å². The summed E-state index contributed by atoms with van der Waals surface area (Å²) in [5.41, 5.74) is 5.90. The zero-order valence-electron chi connectivity index (χ0n) is 13.2. The van der Waals surface area contributed by atoms with E-state index in [-0.39, 0.29) is 12.0 Å². The predicted octanol–water partition coefficient (Wildman–Crippen LogP) is 1.85. The van der Waals surface area contributed by atoms with Crippen molar-refractivity contribution >= 4 is 17.2 Å². The van der Waals surface area contributed by atoms with Crippen LogP contribution in [-0.4, -0.2) is 37.2 Å². The van der Waals surface area contributed by atoms with E-state index in [2.05, 4.69) is 10.3 Å². The maximum atomic E-state index is 12.0. The van der Waals surface area contributed by atoms with Gasteiger partial charge < -0.3 is 20.5 Å². The second-order valence-corrected chi connectivity index (χ2v) is 5.92. The van der Waals surface area contributed by atoms with Crippen LogP contribution in [0.1, 0.15) is 22.4 Å². The number of hydrogen-bond donors (Lipinski definition) is 2. The van der Waals surface area contributed by atoms with Gasteiger partial charge in [-0.15, -0.1) is 11.3 Å². The second kappa shape index (κ2) is 8.50. The van der Waals surface area contributed by atoms with Gasteiger partial charge in [0.2, 0.25) is 0 Å². The largest absolute Gasteiger partial charge is 0.497 e. The molecule has 2 aromatic rings. The predicted molar refractivity (Wildman–Crippen MR) is 90.3 cm³/mol. The number of ether oxygens (including phenoxy) is 2. The summed E-state index contributed by atoms with van der Waals surface area (Å²) in [5.74, 6) is 1.30. The lowest BCUT2D eigenvalue weighted by Gasteiger charge is -2.15. The molecule has 3 N–H and O–H groups in total. The van der Waals surface area contributed by atoms with Gasteiger partial charge in [0.05, 0.1) is 18.7 Å². The lowest BCUT2D eigenvalue weighted by Crippen LogP contribution is -2.33. The number of nitrogens with two attached hydrogens (primary N) is 1. The molecule has 6 nitrogen and oxygen atoms in total. The molecular formula is C16H21N3O3S. The fraction of sp³-hybridized carbons (Fsp3) is 0.375. The molecule has 7 heteroatoms. The molecule has 0 spiro atoms. The number of nitrogens with zero attached hydrogens (tertiary/aromatic N) is 1. The number of amides is 1. The van der Waals surface area contributed by atoms with Crippen LogP contribution >= 0.6 is 11.3 Å². The highest BCUT2D eigenvalue weighted by Gasteiger charge is 2.12. The topological polar surface area (TPSA) is 86.5 Å². The van der Waals surface area contributed by atoms with Gasteiger partial charge in [-0.1, -0.05) is 0 Å². The van der Waals surface area contributed by atoms with E-state index >= 15 is 0 Å². The Morgan fingerprint density at radius 3 is 2.70 bits per heavy atom. The number of benzene rings is 1. The monoisotopic (exact) mass is 335 g/mol. The standard InChI is InChI=1S/C16H21N3O3S/c1-11(22-13-5-3-12(21-2)4-6-13)9-18-16(20)14-10-23-15(19-14)7-8-17/h3-6,10-11H,7-9,17H2,1-2H3,(H,18,20). The first-order valence-corrected chi connectivity index (χ1v) is 8.23. The van der Waals surface area contributed by atoms with E-state index < -0.39 is 0 Å². The Morgan fingerprint density at radius 2 is 2.04 bits per heavy atom. The highest BCUT2D eigenvalue weighted by molar-refractivity contribution is 7.09. The van der Waals surface area contributed by atoms with Crippen LogP contribution in [0.5, 0.6) is 11.5 Å².